The molecule has 29 heavy (non-hydrogen) atoms. The maximum atomic E-state index is 12.3. The average molecular weight is 420 g/mol. The Labute approximate surface area is 179 Å². The molecule has 2 aliphatic heterocycles. The number of carbonyl (C=O) groups excluding carboxylic acids is 1. The molecule has 2 saturated heterocycles. The van der Waals surface area contributed by atoms with E-state index < -0.39 is 5.60 Å². The smallest absolute Gasteiger partial charge is 0.410 e. The molecule has 1 spiro atoms. The van der Waals surface area contributed by atoms with Crippen molar-refractivity contribution in [1.82, 2.24) is 9.88 Å². The van der Waals surface area contributed by atoms with Crippen molar-refractivity contribution in [2.75, 3.05) is 31.1 Å². The van der Waals surface area contributed by atoms with Crippen LogP contribution < -0.4 is 4.90 Å². The van der Waals surface area contributed by atoms with Crippen molar-refractivity contribution in [3.05, 3.63) is 21.8 Å². The molecule has 0 N–H and O–H groups in total. The molecular formula is C23H34ClN3O2. The van der Waals surface area contributed by atoms with Gasteiger partial charge < -0.3 is 14.5 Å². The van der Waals surface area contributed by atoms with Crippen molar-refractivity contribution in [2.24, 2.45) is 10.8 Å². The maximum absolute atomic E-state index is 12.3. The minimum atomic E-state index is -0.448. The number of halogens is 1. The molecule has 3 heterocycles. The summed E-state index contributed by atoms with van der Waals surface area (Å²) in [5.74, 6) is 1.04. The zero-order chi connectivity index (χ0) is 21.2. The van der Waals surface area contributed by atoms with Crippen molar-refractivity contribution in [2.45, 2.75) is 72.8 Å². The lowest BCUT2D eigenvalue weighted by molar-refractivity contribution is -0.0266. The Morgan fingerprint density at radius 3 is 2.52 bits per heavy atom. The average Bonchev–Trinajstić information content (AvgIpc) is 2.99. The van der Waals surface area contributed by atoms with Gasteiger partial charge in [0.25, 0.3) is 0 Å². The first-order valence-electron chi connectivity index (χ1n) is 10.8. The summed E-state index contributed by atoms with van der Waals surface area (Å²) in [6.07, 6.45) is 4.04. The number of hydrogen-bond donors (Lipinski definition) is 0. The summed E-state index contributed by atoms with van der Waals surface area (Å²) in [6.45, 7) is 15.9. The van der Waals surface area contributed by atoms with Gasteiger partial charge >= 0.3 is 6.09 Å². The summed E-state index contributed by atoms with van der Waals surface area (Å²) in [5.41, 5.74) is 3.52. The van der Waals surface area contributed by atoms with E-state index in [0.29, 0.717) is 0 Å². The largest absolute Gasteiger partial charge is 0.444 e. The molecule has 1 aromatic heterocycles. The van der Waals surface area contributed by atoms with E-state index in [-0.39, 0.29) is 16.9 Å². The molecule has 0 saturated carbocycles. The van der Waals surface area contributed by atoms with Crippen LogP contribution in [0.25, 0.3) is 0 Å². The molecule has 0 aromatic carbocycles. The quantitative estimate of drug-likeness (QED) is 0.642. The molecule has 0 radical (unpaired) electrons. The standard InChI is InChI=1S/C23H34ClN3O2/c1-15-18(24)16-7-8-22(5,6)11-17(16)25-19(15)26-10-9-23(12-26)13-27(14-23)20(28)29-21(2,3)4/h7-14H2,1-6H3. The lowest BCUT2D eigenvalue weighted by Gasteiger charge is -2.47. The second-order valence-corrected chi connectivity index (χ2v) is 11.5. The number of amides is 1. The topological polar surface area (TPSA) is 45.7 Å². The van der Waals surface area contributed by atoms with Gasteiger partial charge in [-0.05, 0) is 64.4 Å². The number of nitrogens with zero attached hydrogens (tertiary/aromatic N) is 3. The van der Waals surface area contributed by atoms with Crippen molar-refractivity contribution in [3.8, 4) is 0 Å². The number of ether oxygens (including phenoxy) is 1. The highest BCUT2D eigenvalue weighted by molar-refractivity contribution is 6.32. The maximum Gasteiger partial charge on any atom is 0.410 e. The van der Waals surface area contributed by atoms with E-state index in [2.05, 4.69) is 25.7 Å². The molecule has 0 atom stereocenters. The predicted molar refractivity (Wildman–Crippen MR) is 117 cm³/mol. The van der Waals surface area contributed by atoms with Gasteiger partial charge in [0.1, 0.15) is 11.4 Å². The van der Waals surface area contributed by atoms with Crippen LogP contribution in [0.4, 0.5) is 10.6 Å². The molecule has 1 aliphatic carbocycles. The number of carbonyl (C=O) groups is 1. The molecule has 1 aromatic rings. The van der Waals surface area contributed by atoms with Crippen LogP contribution in [-0.4, -0.2) is 47.8 Å². The van der Waals surface area contributed by atoms with Crippen LogP contribution >= 0.6 is 11.6 Å². The summed E-state index contributed by atoms with van der Waals surface area (Å²) < 4.78 is 5.52. The van der Waals surface area contributed by atoms with Crippen LogP contribution in [0.15, 0.2) is 0 Å². The fraction of sp³-hybridized carbons (Fsp3) is 0.739. The molecule has 1 amide bonds. The van der Waals surface area contributed by atoms with Crippen molar-refractivity contribution < 1.29 is 9.53 Å². The summed E-state index contributed by atoms with van der Waals surface area (Å²) in [4.78, 5) is 21.6. The number of pyridine rings is 1. The summed E-state index contributed by atoms with van der Waals surface area (Å²) in [6, 6.07) is 0. The van der Waals surface area contributed by atoms with Gasteiger partial charge in [-0.1, -0.05) is 25.4 Å². The zero-order valence-electron chi connectivity index (χ0n) is 18.7. The first kappa shape index (κ1) is 20.8. The highest BCUT2D eigenvalue weighted by Crippen LogP contribution is 2.44. The monoisotopic (exact) mass is 419 g/mol. The van der Waals surface area contributed by atoms with Crippen molar-refractivity contribution >= 4 is 23.5 Å². The summed E-state index contributed by atoms with van der Waals surface area (Å²) in [5, 5.41) is 0.908. The summed E-state index contributed by atoms with van der Waals surface area (Å²) >= 11 is 6.80. The second kappa shape index (κ2) is 6.76. The Balaban J connectivity index is 1.48. The number of aromatic nitrogens is 1. The third-order valence-corrected chi connectivity index (χ3v) is 7.17. The minimum absolute atomic E-state index is 0.159. The van der Waals surface area contributed by atoms with Crippen LogP contribution in [0.2, 0.25) is 5.02 Å². The molecular weight excluding hydrogens is 386 g/mol. The zero-order valence-corrected chi connectivity index (χ0v) is 19.4. The van der Waals surface area contributed by atoms with E-state index in [0.717, 1.165) is 68.3 Å². The molecule has 160 valence electrons. The van der Waals surface area contributed by atoms with Gasteiger partial charge in [-0.3, -0.25) is 0 Å². The highest BCUT2D eigenvalue weighted by atomic mass is 35.5. The van der Waals surface area contributed by atoms with E-state index >= 15 is 0 Å². The lowest BCUT2D eigenvalue weighted by atomic mass is 9.76. The SMILES string of the molecule is Cc1c(N2CCC3(CN(C(=O)OC(C)(C)C)C3)C2)nc2c(c1Cl)CCC(C)(C)C2. The van der Waals surface area contributed by atoms with E-state index in [1.807, 2.05) is 25.7 Å². The molecule has 3 aliphatic rings. The van der Waals surface area contributed by atoms with Gasteiger partial charge in [0.2, 0.25) is 0 Å². The van der Waals surface area contributed by atoms with Crippen LogP contribution in [0.1, 0.15) is 64.3 Å². The molecule has 6 heteroatoms. The van der Waals surface area contributed by atoms with Crippen molar-refractivity contribution in [3.63, 3.8) is 0 Å². The molecule has 0 bridgehead atoms. The lowest BCUT2D eigenvalue weighted by Crippen LogP contribution is -2.60. The Bertz CT molecular complexity index is 838. The Kier molecular flexibility index (Phi) is 4.84. The minimum Gasteiger partial charge on any atom is -0.444 e. The van der Waals surface area contributed by atoms with Crippen LogP contribution in [0, 0.1) is 17.8 Å². The third kappa shape index (κ3) is 3.95. The van der Waals surface area contributed by atoms with Gasteiger partial charge in [-0.25, -0.2) is 9.78 Å². The molecule has 4 rings (SSSR count). The van der Waals surface area contributed by atoms with E-state index in [1.165, 1.54) is 11.3 Å². The van der Waals surface area contributed by atoms with Gasteiger partial charge in [0.15, 0.2) is 0 Å². The van der Waals surface area contributed by atoms with E-state index in [9.17, 15) is 4.79 Å². The van der Waals surface area contributed by atoms with E-state index in [1.54, 1.807) is 0 Å². The van der Waals surface area contributed by atoms with Gasteiger partial charge in [0, 0.05) is 42.9 Å². The molecule has 2 fully saturated rings. The third-order valence-electron chi connectivity index (χ3n) is 6.66. The number of rotatable bonds is 1. The van der Waals surface area contributed by atoms with Gasteiger partial charge in [0.05, 0.1) is 5.02 Å². The van der Waals surface area contributed by atoms with Crippen LogP contribution in [-0.2, 0) is 17.6 Å². The normalized spacial score (nSPS) is 22.4. The van der Waals surface area contributed by atoms with Gasteiger partial charge in [-0.2, -0.15) is 0 Å². The highest BCUT2D eigenvalue weighted by Gasteiger charge is 2.50. The van der Waals surface area contributed by atoms with Crippen LogP contribution in [0.3, 0.4) is 0 Å². The fourth-order valence-electron chi connectivity index (χ4n) is 5.04. The first-order valence-corrected chi connectivity index (χ1v) is 11.2. The fourth-order valence-corrected chi connectivity index (χ4v) is 5.32. The predicted octanol–water partition coefficient (Wildman–Crippen LogP) is 5.01. The van der Waals surface area contributed by atoms with Crippen LogP contribution in [0.5, 0.6) is 0 Å². The molecule has 0 unspecified atom stereocenters. The number of anilines is 1. The molecule has 5 nitrogen and oxygen atoms in total. The van der Waals surface area contributed by atoms with Crippen molar-refractivity contribution in [1.29, 1.82) is 0 Å². The number of hydrogen-bond acceptors (Lipinski definition) is 4. The van der Waals surface area contributed by atoms with Gasteiger partial charge in [-0.15, -0.1) is 0 Å². The Morgan fingerprint density at radius 1 is 1.17 bits per heavy atom. The Morgan fingerprint density at radius 2 is 1.86 bits per heavy atom. The van der Waals surface area contributed by atoms with E-state index in [4.69, 9.17) is 21.3 Å². The number of fused-ring (bicyclic) bond motifs is 1. The number of likely N-dealkylation sites (tertiary alicyclic amines) is 1. The Hall–Kier alpha value is -1.49. The second-order valence-electron chi connectivity index (χ2n) is 11.1. The summed E-state index contributed by atoms with van der Waals surface area (Å²) in [7, 11) is 0. The first-order chi connectivity index (χ1) is 13.4.